The second-order valence-corrected chi connectivity index (χ2v) is 6.36. The maximum absolute atomic E-state index is 12.0. The zero-order valence-electron chi connectivity index (χ0n) is 15.4. The van der Waals surface area contributed by atoms with Gasteiger partial charge in [0, 0.05) is 0 Å². The molecule has 4 heteroatoms. The van der Waals surface area contributed by atoms with Crippen molar-refractivity contribution in [3.05, 3.63) is 0 Å². The first-order valence-electron chi connectivity index (χ1n) is 9.56. The third kappa shape index (κ3) is 13.1. The minimum absolute atomic E-state index is 0.145. The lowest BCUT2D eigenvalue weighted by Crippen LogP contribution is -2.20. The summed E-state index contributed by atoms with van der Waals surface area (Å²) < 4.78 is 0. The van der Waals surface area contributed by atoms with Crippen LogP contribution in [0.5, 0.6) is 0 Å². The van der Waals surface area contributed by atoms with Gasteiger partial charge < -0.3 is 0 Å². The van der Waals surface area contributed by atoms with E-state index in [1.807, 2.05) is 6.92 Å². The van der Waals surface area contributed by atoms with Crippen LogP contribution in [0.4, 0.5) is 0 Å². The lowest BCUT2D eigenvalue weighted by Gasteiger charge is -2.13. The molecule has 4 nitrogen and oxygen atoms in total. The van der Waals surface area contributed by atoms with Gasteiger partial charge in [-0.2, -0.15) is 0 Å². The number of hydrogen-bond donors (Lipinski definition) is 0. The molecule has 23 heavy (non-hydrogen) atoms. The summed E-state index contributed by atoms with van der Waals surface area (Å²) in [6.07, 6.45) is 12.8. The van der Waals surface area contributed by atoms with E-state index in [9.17, 15) is 9.59 Å². The number of hydrogen-bond acceptors (Lipinski definition) is 4. The van der Waals surface area contributed by atoms with Crippen molar-refractivity contribution in [1.29, 1.82) is 0 Å². The van der Waals surface area contributed by atoms with Crippen molar-refractivity contribution in [3.8, 4) is 0 Å². The van der Waals surface area contributed by atoms with Gasteiger partial charge in [0.15, 0.2) is 0 Å². The van der Waals surface area contributed by atoms with Gasteiger partial charge in [0.2, 0.25) is 0 Å². The Hall–Kier alpha value is -1.06. The Kier molecular flexibility index (Phi) is 15.1. The second kappa shape index (κ2) is 15.8. The van der Waals surface area contributed by atoms with Gasteiger partial charge in [0.25, 0.3) is 0 Å². The Morgan fingerprint density at radius 2 is 1.30 bits per heavy atom. The van der Waals surface area contributed by atoms with Crippen LogP contribution in [-0.4, -0.2) is 11.9 Å². The maximum Gasteiger partial charge on any atom is 0.358 e. The molecule has 0 aromatic rings. The van der Waals surface area contributed by atoms with Gasteiger partial charge in [0.05, 0.1) is 12.3 Å². The molecule has 0 aliphatic rings. The van der Waals surface area contributed by atoms with Gasteiger partial charge >= 0.3 is 11.9 Å². The van der Waals surface area contributed by atoms with Crippen LogP contribution in [0.1, 0.15) is 104 Å². The van der Waals surface area contributed by atoms with Crippen LogP contribution in [0.3, 0.4) is 0 Å². The van der Waals surface area contributed by atoms with E-state index in [1.54, 1.807) is 0 Å². The van der Waals surface area contributed by atoms with Gasteiger partial charge in [-0.1, -0.05) is 78.6 Å². The molecule has 0 heterocycles. The van der Waals surface area contributed by atoms with Crippen LogP contribution in [0.2, 0.25) is 0 Å². The molecule has 0 saturated carbocycles. The minimum atomic E-state index is -0.433. The Labute approximate surface area is 142 Å². The normalized spacial score (nSPS) is 12.0. The van der Waals surface area contributed by atoms with Crippen LogP contribution in [0.25, 0.3) is 0 Å². The highest BCUT2D eigenvalue weighted by atomic mass is 17.2. The highest BCUT2D eigenvalue weighted by molar-refractivity contribution is 5.74. The fraction of sp³-hybridized carbons (Fsp3) is 0.895. The number of rotatable bonds is 14. The fourth-order valence-corrected chi connectivity index (χ4v) is 2.62. The Morgan fingerprint density at radius 1 is 0.696 bits per heavy atom. The summed E-state index contributed by atoms with van der Waals surface area (Å²) in [5.74, 6) is -0.967. The highest BCUT2D eigenvalue weighted by Gasteiger charge is 2.21. The van der Waals surface area contributed by atoms with Crippen LogP contribution in [-0.2, 0) is 19.4 Å². The van der Waals surface area contributed by atoms with Crippen molar-refractivity contribution in [3.63, 3.8) is 0 Å². The Morgan fingerprint density at radius 3 is 1.96 bits per heavy atom. The SMILES string of the molecule is CCCCCCCCC(=O)OOC(=O)C(CCC)CCCCC. The third-order valence-corrected chi connectivity index (χ3v) is 4.08. The van der Waals surface area contributed by atoms with Gasteiger partial charge in [-0.15, -0.1) is 0 Å². The van der Waals surface area contributed by atoms with E-state index in [0.29, 0.717) is 6.42 Å². The number of carbonyl (C=O) groups excluding carboxylic acids is 2. The maximum atomic E-state index is 12.0. The van der Waals surface area contributed by atoms with Crippen LogP contribution in [0.15, 0.2) is 0 Å². The second-order valence-electron chi connectivity index (χ2n) is 6.36. The molecule has 0 radical (unpaired) electrons. The van der Waals surface area contributed by atoms with Crippen molar-refractivity contribution < 1.29 is 19.4 Å². The molecule has 1 atom stereocenters. The Bertz CT molecular complexity index is 302. The molecular formula is C19H36O4. The predicted molar refractivity (Wildman–Crippen MR) is 92.7 cm³/mol. The van der Waals surface area contributed by atoms with Gasteiger partial charge in [-0.25, -0.2) is 19.4 Å². The third-order valence-electron chi connectivity index (χ3n) is 4.08. The summed E-state index contributed by atoms with van der Waals surface area (Å²) in [6, 6.07) is 0. The predicted octanol–water partition coefficient (Wildman–Crippen LogP) is 5.74. The lowest BCUT2D eigenvalue weighted by atomic mass is 9.97. The Balaban J connectivity index is 3.83. The summed E-state index contributed by atoms with van der Waals surface area (Å²) in [5, 5.41) is 0. The van der Waals surface area contributed by atoms with E-state index in [2.05, 4.69) is 18.7 Å². The van der Waals surface area contributed by atoms with Crippen LogP contribution < -0.4 is 0 Å². The van der Waals surface area contributed by atoms with E-state index in [1.165, 1.54) is 19.3 Å². The minimum Gasteiger partial charge on any atom is -0.247 e. The largest absolute Gasteiger partial charge is 0.358 e. The van der Waals surface area contributed by atoms with E-state index in [4.69, 9.17) is 4.89 Å². The lowest BCUT2D eigenvalue weighted by molar-refractivity contribution is -0.262. The van der Waals surface area contributed by atoms with Crippen molar-refractivity contribution in [2.24, 2.45) is 5.92 Å². The average molecular weight is 328 g/mol. The fourth-order valence-electron chi connectivity index (χ4n) is 2.62. The van der Waals surface area contributed by atoms with Gasteiger partial charge in [-0.05, 0) is 19.3 Å². The molecule has 0 aromatic heterocycles. The summed E-state index contributed by atoms with van der Waals surface area (Å²) >= 11 is 0. The summed E-state index contributed by atoms with van der Waals surface area (Å²) in [7, 11) is 0. The molecule has 0 aliphatic carbocycles. The van der Waals surface area contributed by atoms with Crippen molar-refractivity contribution in [2.45, 2.75) is 104 Å². The summed E-state index contributed by atoms with van der Waals surface area (Å²) in [6.45, 7) is 6.36. The summed E-state index contributed by atoms with van der Waals surface area (Å²) in [5.41, 5.74) is 0. The quantitative estimate of drug-likeness (QED) is 0.232. The molecule has 0 amide bonds. The molecule has 0 fully saturated rings. The van der Waals surface area contributed by atoms with E-state index in [0.717, 1.165) is 57.8 Å². The molecule has 0 N–H and O–H groups in total. The average Bonchev–Trinajstić information content (AvgIpc) is 2.55. The molecule has 0 rings (SSSR count). The molecule has 136 valence electrons. The molecular weight excluding hydrogens is 292 g/mol. The first-order valence-corrected chi connectivity index (χ1v) is 9.56. The molecule has 1 unspecified atom stereocenters. The molecule has 0 aliphatic heterocycles. The molecule has 0 aromatic carbocycles. The van der Waals surface area contributed by atoms with Crippen molar-refractivity contribution >= 4 is 11.9 Å². The van der Waals surface area contributed by atoms with Gasteiger partial charge in [0.1, 0.15) is 0 Å². The first-order chi connectivity index (χ1) is 11.2. The zero-order chi connectivity index (χ0) is 17.3. The van der Waals surface area contributed by atoms with Crippen LogP contribution in [0, 0.1) is 5.92 Å². The topological polar surface area (TPSA) is 52.6 Å². The molecule has 0 bridgehead atoms. The van der Waals surface area contributed by atoms with Crippen molar-refractivity contribution in [1.82, 2.24) is 0 Å². The van der Waals surface area contributed by atoms with E-state index in [-0.39, 0.29) is 11.9 Å². The van der Waals surface area contributed by atoms with Crippen LogP contribution >= 0.6 is 0 Å². The number of unbranched alkanes of at least 4 members (excludes halogenated alkanes) is 7. The number of carbonyl (C=O) groups is 2. The molecule has 0 spiro atoms. The first kappa shape index (κ1) is 21.9. The van der Waals surface area contributed by atoms with E-state index >= 15 is 0 Å². The van der Waals surface area contributed by atoms with Gasteiger partial charge in [-0.3, -0.25) is 0 Å². The van der Waals surface area contributed by atoms with Crippen molar-refractivity contribution in [2.75, 3.05) is 0 Å². The monoisotopic (exact) mass is 328 g/mol. The standard InChI is InChI=1S/C19H36O4/c1-4-7-9-10-11-13-16-18(20)22-23-19(21)17(14-6-3)15-12-8-5-2/h17H,4-16H2,1-3H3. The van der Waals surface area contributed by atoms with E-state index < -0.39 is 5.97 Å². The molecule has 0 saturated heterocycles. The highest BCUT2D eigenvalue weighted by Crippen LogP contribution is 2.18. The summed E-state index contributed by atoms with van der Waals surface area (Å²) in [4.78, 5) is 33.0. The zero-order valence-corrected chi connectivity index (χ0v) is 15.4. The smallest absolute Gasteiger partial charge is 0.247 e.